The third kappa shape index (κ3) is 2.34. The summed E-state index contributed by atoms with van der Waals surface area (Å²) in [5.74, 6) is -0.141. The number of nitrogens with zero attached hydrogens (tertiary/aromatic N) is 2. The fourth-order valence-corrected chi connectivity index (χ4v) is 2.47. The Bertz CT molecular complexity index is 829. The molecule has 0 amide bonds. The molecule has 3 aromatic rings. The van der Waals surface area contributed by atoms with Crippen molar-refractivity contribution in [1.82, 2.24) is 9.55 Å². The van der Waals surface area contributed by atoms with Gasteiger partial charge in [0.25, 0.3) is 0 Å². The van der Waals surface area contributed by atoms with Crippen LogP contribution in [0.3, 0.4) is 0 Å². The van der Waals surface area contributed by atoms with Crippen LogP contribution in [-0.2, 0) is 0 Å². The maximum Gasteiger partial charge on any atom is 0.148 e. The zero-order valence-electron chi connectivity index (χ0n) is 11.2. The normalized spacial score (nSPS) is 12.8. The van der Waals surface area contributed by atoms with Crippen LogP contribution in [0.1, 0.15) is 18.9 Å². The Hall–Kier alpha value is -2.11. The molecule has 0 saturated heterocycles. The first kappa shape index (κ1) is 13.9. The van der Waals surface area contributed by atoms with Gasteiger partial charge < -0.3 is 10.8 Å². The molecule has 4 nitrogen and oxygen atoms in total. The Balaban J connectivity index is 2.36. The third-order valence-electron chi connectivity index (χ3n) is 3.23. The van der Waals surface area contributed by atoms with Gasteiger partial charge in [-0.1, -0.05) is 11.6 Å². The van der Waals surface area contributed by atoms with E-state index < -0.39 is 11.9 Å². The lowest BCUT2D eigenvalue weighted by Gasteiger charge is -2.12. The first-order valence-electron chi connectivity index (χ1n) is 6.38. The van der Waals surface area contributed by atoms with Crippen LogP contribution in [0, 0.1) is 5.82 Å². The molecule has 0 aliphatic carbocycles. The summed E-state index contributed by atoms with van der Waals surface area (Å²) in [5, 5.41) is 10.2. The summed E-state index contributed by atoms with van der Waals surface area (Å²) in [4.78, 5) is 4.35. The molecule has 108 valence electrons. The van der Waals surface area contributed by atoms with Crippen molar-refractivity contribution in [2.45, 2.75) is 13.0 Å². The predicted molar refractivity (Wildman–Crippen MR) is 81.1 cm³/mol. The molecule has 1 atom stereocenters. The second-order valence-electron chi connectivity index (χ2n) is 4.83. The molecule has 2 aromatic carbocycles. The molecule has 0 radical (unpaired) electrons. The predicted octanol–water partition coefficient (Wildman–Crippen LogP) is 3.45. The Morgan fingerprint density at radius 1 is 1.29 bits per heavy atom. The van der Waals surface area contributed by atoms with E-state index in [0.29, 0.717) is 27.6 Å². The fourth-order valence-electron chi connectivity index (χ4n) is 2.31. The van der Waals surface area contributed by atoms with Crippen LogP contribution in [0.5, 0.6) is 0 Å². The van der Waals surface area contributed by atoms with Gasteiger partial charge in [0.05, 0.1) is 16.7 Å². The maximum absolute atomic E-state index is 14.2. The number of halogens is 2. The lowest BCUT2D eigenvalue weighted by molar-refractivity contribution is 0.187. The monoisotopic (exact) mass is 305 g/mol. The van der Waals surface area contributed by atoms with E-state index in [4.69, 9.17) is 17.3 Å². The summed E-state index contributed by atoms with van der Waals surface area (Å²) in [6.45, 7) is 1.58. The molecule has 21 heavy (non-hydrogen) atoms. The van der Waals surface area contributed by atoms with Crippen LogP contribution in [-0.4, -0.2) is 14.7 Å². The second-order valence-corrected chi connectivity index (χ2v) is 5.26. The molecule has 0 saturated carbocycles. The first-order valence-corrected chi connectivity index (χ1v) is 6.76. The number of imidazole rings is 1. The average molecular weight is 306 g/mol. The molecule has 1 aromatic heterocycles. The number of nitrogens with two attached hydrogens (primary N) is 1. The highest BCUT2D eigenvalue weighted by molar-refractivity contribution is 6.30. The number of aliphatic hydroxyl groups excluding tert-OH is 1. The second kappa shape index (κ2) is 5.02. The number of aliphatic hydroxyl groups is 1. The lowest BCUT2D eigenvalue weighted by atomic mass is 10.2. The third-order valence-corrected chi connectivity index (χ3v) is 3.46. The molecule has 6 heteroatoms. The molecule has 0 aliphatic heterocycles. The minimum atomic E-state index is -0.853. The zero-order chi connectivity index (χ0) is 15.1. The SMILES string of the molecule is CC(O)c1nc2cc(N)ccc2n1-c1ccc(Cl)cc1F. The van der Waals surface area contributed by atoms with Crippen LogP contribution in [0.2, 0.25) is 5.02 Å². The van der Waals surface area contributed by atoms with Crippen molar-refractivity contribution in [1.29, 1.82) is 0 Å². The van der Waals surface area contributed by atoms with Crippen LogP contribution in [0.4, 0.5) is 10.1 Å². The number of hydrogen-bond donors (Lipinski definition) is 2. The molecule has 3 rings (SSSR count). The van der Waals surface area contributed by atoms with Crippen molar-refractivity contribution in [2.75, 3.05) is 5.73 Å². The number of nitrogen functional groups attached to an aromatic ring is 1. The number of hydrogen-bond acceptors (Lipinski definition) is 3. The molecule has 0 fully saturated rings. The summed E-state index contributed by atoms with van der Waals surface area (Å²) >= 11 is 5.79. The lowest BCUT2D eigenvalue weighted by Crippen LogP contribution is -2.06. The number of fused-ring (bicyclic) bond motifs is 1. The number of anilines is 1. The van der Waals surface area contributed by atoms with Gasteiger partial charge in [-0.2, -0.15) is 0 Å². The minimum absolute atomic E-state index is 0.280. The molecule has 1 heterocycles. The Kier molecular flexibility index (Phi) is 3.31. The smallest absolute Gasteiger partial charge is 0.148 e. The Labute approximate surface area is 125 Å². The molecule has 0 aliphatic rings. The fraction of sp³-hybridized carbons (Fsp3) is 0.133. The van der Waals surface area contributed by atoms with Crippen molar-refractivity contribution in [3.8, 4) is 5.69 Å². The average Bonchev–Trinajstić information content (AvgIpc) is 2.77. The Morgan fingerprint density at radius 2 is 2.05 bits per heavy atom. The molecular formula is C15H13ClFN3O. The van der Waals surface area contributed by atoms with Crippen LogP contribution in [0.25, 0.3) is 16.7 Å². The van der Waals surface area contributed by atoms with Crippen LogP contribution in [0.15, 0.2) is 36.4 Å². The van der Waals surface area contributed by atoms with E-state index in [1.807, 2.05) is 0 Å². The summed E-state index contributed by atoms with van der Waals surface area (Å²) in [5.41, 5.74) is 7.85. The molecule has 3 N–H and O–H groups in total. The van der Waals surface area contributed by atoms with E-state index >= 15 is 0 Å². The van der Waals surface area contributed by atoms with Crippen molar-refractivity contribution in [3.63, 3.8) is 0 Å². The zero-order valence-corrected chi connectivity index (χ0v) is 12.0. The largest absolute Gasteiger partial charge is 0.399 e. The summed E-state index contributed by atoms with van der Waals surface area (Å²) in [6, 6.07) is 9.52. The van der Waals surface area contributed by atoms with Gasteiger partial charge in [-0.05, 0) is 43.3 Å². The van der Waals surface area contributed by atoms with E-state index in [0.717, 1.165) is 0 Å². The van der Waals surface area contributed by atoms with Gasteiger partial charge in [0.15, 0.2) is 0 Å². The van der Waals surface area contributed by atoms with Crippen molar-refractivity contribution >= 4 is 28.3 Å². The van der Waals surface area contributed by atoms with E-state index in [-0.39, 0.29) is 5.69 Å². The van der Waals surface area contributed by atoms with Gasteiger partial charge in [-0.3, -0.25) is 4.57 Å². The number of rotatable bonds is 2. The molecule has 0 bridgehead atoms. The summed E-state index contributed by atoms with van der Waals surface area (Å²) in [6.07, 6.45) is -0.853. The quantitative estimate of drug-likeness (QED) is 0.713. The van der Waals surface area contributed by atoms with Crippen LogP contribution >= 0.6 is 11.6 Å². The van der Waals surface area contributed by atoms with Gasteiger partial charge in [-0.25, -0.2) is 9.37 Å². The topological polar surface area (TPSA) is 64.1 Å². The highest BCUT2D eigenvalue weighted by Gasteiger charge is 2.18. The minimum Gasteiger partial charge on any atom is -0.399 e. The first-order chi connectivity index (χ1) is 9.97. The summed E-state index contributed by atoms with van der Waals surface area (Å²) < 4.78 is 15.8. The van der Waals surface area contributed by atoms with Crippen LogP contribution < -0.4 is 5.73 Å². The Morgan fingerprint density at radius 3 is 2.71 bits per heavy atom. The van der Waals surface area contributed by atoms with E-state index in [9.17, 15) is 9.50 Å². The highest BCUT2D eigenvalue weighted by Crippen LogP contribution is 2.28. The number of benzene rings is 2. The molecular weight excluding hydrogens is 293 g/mol. The van der Waals surface area contributed by atoms with E-state index in [2.05, 4.69) is 4.98 Å². The van der Waals surface area contributed by atoms with Crippen molar-refractivity contribution in [3.05, 3.63) is 53.1 Å². The van der Waals surface area contributed by atoms with Gasteiger partial charge >= 0.3 is 0 Å². The van der Waals surface area contributed by atoms with Gasteiger partial charge in [-0.15, -0.1) is 0 Å². The van der Waals surface area contributed by atoms with E-state index in [1.54, 1.807) is 41.8 Å². The standard InChI is InChI=1S/C15H13ClFN3O/c1-8(21)15-19-12-7-10(18)3-5-14(12)20(15)13-4-2-9(16)6-11(13)17/h2-8,21H,18H2,1H3. The van der Waals surface area contributed by atoms with E-state index in [1.165, 1.54) is 6.07 Å². The van der Waals surface area contributed by atoms with Crippen molar-refractivity contribution in [2.24, 2.45) is 0 Å². The van der Waals surface area contributed by atoms with Gasteiger partial charge in [0.1, 0.15) is 17.7 Å². The molecule has 0 spiro atoms. The molecule has 1 unspecified atom stereocenters. The van der Waals surface area contributed by atoms with Crippen molar-refractivity contribution < 1.29 is 9.50 Å². The maximum atomic E-state index is 14.2. The summed E-state index contributed by atoms with van der Waals surface area (Å²) in [7, 11) is 0. The highest BCUT2D eigenvalue weighted by atomic mass is 35.5. The number of aromatic nitrogens is 2. The van der Waals surface area contributed by atoms with Gasteiger partial charge in [0.2, 0.25) is 0 Å². The van der Waals surface area contributed by atoms with Gasteiger partial charge in [0, 0.05) is 10.7 Å².